The number of nitrogens with one attached hydrogen (secondary N) is 1. The molecule has 0 amide bonds. The molecule has 0 saturated heterocycles. The second-order valence-corrected chi connectivity index (χ2v) is 6.66. The molecular formula is C18H20N2S. The molecule has 2 nitrogen and oxygen atoms in total. The Bertz CT molecular complexity index is 728. The molecule has 0 spiro atoms. The average Bonchev–Trinajstić information content (AvgIpc) is 2.91. The van der Waals surface area contributed by atoms with Gasteiger partial charge in [0, 0.05) is 9.58 Å². The molecule has 3 aromatic rings. The first-order chi connectivity index (χ1) is 10.2. The summed E-state index contributed by atoms with van der Waals surface area (Å²) in [6.45, 7) is 4.29. The third-order valence-electron chi connectivity index (χ3n) is 3.92. The number of nitrogens with two attached hydrogens (primary N) is 1. The lowest BCUT2D eigenvalue weighted by molar-refractivity contribution is 0.559. The first-order valence-corrected chi connectivity index (χ1v) is 8.00. The van der Waals surface area contributed by atoms with E-state index in [-0.39, 0.29) is 6.04 Å². The number of benzene rings is 2. The molecule has 3 rings (SSSR count). The van der Waals surface area contributed by atoms with Crippen LogP contribution in [0.1, 0.15) is 27.6 Å². The van der Waals surface area contributed by atoms with Gasteiger partial charge in [0.05, 0.1) is 6.04 Å². The summed E-state index contributed by atoms with van der Waals surface area (Å²) in [4.78, 5) is 1.29. The molecule has 1 unspecified atom stereocenters. The molecule has 108 valence electrons. The molecule has 3 N–H and O–H groups in total. The van der Waals surface area contributed by atoms with Gasteiger partial charge in [-0.1, -0.05) is 42.0 Å². The number of rotatable bonds is 4. The molecule has 1 aromatic heterocycles. The van der Waals surface area contributed by atoms with Crippen LogP contribution in [-0.2, 0) is 6.42 Å². The highest BCUT2D eigenvalue weighted by Crippen LogP contribution is 2.31. The van der Waals surface area contributed by atoms with E-state index >= 15 is 0 Å². The first kappa shape index (κ1) is 14.3. The van der Waals surface area contributed by atoms with Crippen LogP contribution in [0.2, 0.25) is 0 Å². The third-order valence-corrected chi connectivity index (χ3v) is 5.15. The van der Waals surface area contributed by atoms with Crippen LogP contribution in [0.3, 0.4) is 0 Å². The molecule has 0 radical (unpaired) electrons. The molecule has 0 aliphatic carbocycles. The maximum atomic E-state index is 5.82. The van der Waals surface area contributed by atoms with Gasteiger partial charge in [-0.25, -0.2) is 0 Å². The molecule has 0 aliphatic heterocycles. The van der Waals surface area contributed by atoms with Crippen molar-refractivity contribution in [3.8, 4) is 0 Å². The van der Waals surface area contributed by atoms with Crippen LogP contribution in [0.5, 0.6) is 0 Å². The van der Waals surface area contributed by atoms with E-state index < -0.39 is 0 Å². The molecule has 21 heavy (non-hydrogen) atoms. The van der Waals surface area contributed by atoms with Crippen molar-refractivity contribution in [1.29, 1.82) is 0 Å². The van der Waals surface area contributed by atoms with Gasteiger partial charge >= 0.3 is 0 Å². The van der Waals surface area contributed by atoms with E-state index in [1.807, 2.05) is 11.3 Å². The summed E-state index contributed by atoms with van der Waals surface area (Å²) < 4.78 is 1.31. The van der Waals surface area contributed by atoms with Crippen LogP contribution in [0.4, 0.5) is 0 Å². The van der Waals surface area contributed by atoms with Gasteiger partial charge in [-0.3, -0.25) is 11.3 Å². The lowest BCUT2D eigenvalue weighted by atomic mass is 9.98. The quantitative estimate of drug-likeness (QED) is 0.557. The molecular weight excluding hydrogens is 276 g/mol. The van der Waals surface area contributed by atoms with Crippen molar-refractivity contribution in [2.75, 3.05) is 0 Å². The Hall–Kier alpha value is -1.68. The van der Waals surface area contributed by atoms with Gasteiger partial charge < -0.3 is 0 Å². The van der Waals surface area contributed by atoms with Crippen molar-refractivity contribution >= 4 is 21.4 Å². The van der Waals surface area contributed by atoms with Gasteiger partial charge in [-0.05, 0) is 48.9 Å². The summed E-state index contributed by atoms with van der Waals surface area (Å²) >= 11 is 1.82. The fraction of sp³-hybridized carbons (Fsp3) is 0.222. The zero-order chi connectivity index (χ0) is 14.8. The van der Waals surface area contributed by atoms with Gasteiger partial charge in [-0.2, -0.15) is 0 Å². The number of hydrogen-bond acceptors (Lipinski definition) is 3. The SMILES string of the molecule is Cc1ccc(C)c(CC(NN)c2cc3ccccc3s2)c1. The second kappa shape index (κ2) is 5.98. The molecule has 0 saturated carbocycles. The summed E-state index contributed by atoms with van der Waals surface area (Å²) in [5, 5.41) is 1.29. The minimum atomic E-state index is 0.155. The fourth-order valence-electron chi connectivity index (χ4n) is 2.66. The largest absolute Gasteiger partial charge is 0.271 e. The Morgan fingerprint density at radius 3 is 2.67 bits per heavy atom. The zero-order valence-corrected chi connectivity index (χ0v) is 13.2. The topological polar surface area (TPSA) is 38.0 Å². The van der Waals surface area contributed by atoms with E-state index in [0.717, 1.165) is 6.42 Å². The number of hydrazine groups is 1. The number of hydrogen-bond donors (Lipinski definition) is 2. The van der Waals surface area contributed by atoms with Gasteiger partial charge in [0.1, 0.15) is 0 Å². The Balaban J connectivity index is 1.92. The molecule has 2 aromatic carbocycles. The van der Waals surface area contributed by atoms with E-state index in [1.165, 1.54) is 31.7 Å². The lowest BCUT2D eigenvalue weighted by Gasteiger charge is -2.16. The zero-order valence-electron chi connectivity index (χ0n) is 12.4. The predicted molar refractivity (Wildman–Crippen MR) is 91.5 cm³/mol. The van der Waals surface area contributed by atoms with Crippen molar-refractivity contribution in [3.05, 3.63) is 70.1 Å². The maximum Gasteiger partial charge on any atom is 0.0594 e. The summed E-state index contributed by atoms with van der Waals surface area (Å²) in [7, 11) is 0. The highest BCUT2D eigenvalue weighted by molar-refractivity contribution is 7.19. The summed E-state index contributed by atoms with van der Waals surface area (Å²) in [5.41, 5.74) is 6.96. The van der Waals surface area contributed by atoms with E-state index in [4.69, 9.17) is 5.84 Å². The molecule has 0 bridgehead atoms. The van der Waals surface area contributed by atoms with E-state index in [1.54, 1.807) is 0 Å². The molecule has 1 heterocycles. The maximum absolute atomic E-state index is 5.82. The fourth-order valence-corrected chi connectivity index (χ4v) is 3.78. The monoisotopic (exact) mass is 296 g/mol. The predicted octanol–water partition coefficient (Wildman–Crippen LogP) is 4.27. The highest BCUT2D eigenvalue weighted by Gasteiger charge is 2.15. The van der Waals surface area contributed by atoms with Crippen molar-refractivity contribution in [2.45, 2.75) is 26.3 Å². The van der Waals surface area contributed by atoms with E-state index in [9.17, 15) is 0 Å². The number of thiophene rings is 1. The van der Waals surface area contributed by atoms with Crippen LogP contribution in [0.25, 0.3) is 10.1 Å². The number of fused-ring (bicyclic) bond motifs is 1. The van der Waals surface area contributed by atoms with Crippen molar-refractivity contribution < 1.29 is 0 Å². The molecule has 0 fully saturated rings. The Kier molecular flexibility index (Phi) is 4.06. The van der Waals surface area contributed by atoms with Crippen molar-refractivity contribution in [2.24, 2.45) is 5.84 Å². The van der Waals surface area contributed by atoms with E-state index in [0.29, 0.717) is 0 Å². The first-order valence-electron chi connectivity index (χ1n) is 7.18. The summed E-state index contributed by atoms with van der Waals surface area (Å²) in [5.74, 6) is 5.82. The van der Waals surface area contributed by atoms with Crippen LogP contribution in [-0.4, -0.2) is 0 Å². The minimum absolute atomic E-state index is 0.155. The van der Waals surface area contributed by atoms with Crippen molar-refractivity contribution in [1.82, 2.24) is 5.43 Å². The summed E-state index contributed by atoms with van der Waals surface area (Å²) in [6, 6.07) is 17.5. The van der Waals surface area contributed by atoms with Gasteiger partial charge in [0.15, 0.2) is 0 Å². The minimum Gasteiger partial charge on any atom is -0.271 e. The smallest absolute Gasteiger partial charge is 0.0594 e. The van der Waals surface area contributed by atoms with Crippen LogP contribution in [0, 0.1) is 13.8 Å². The van der Waals surface area contributed by atoms with Gasteiger partial charge in [-0.15, -0.1) is 11.3 Å². The van der Waals surface area contributed by atoms with Crippen LogP contribution >= 0.6 is 11.3 Å². The van der Waals surface area contributed by atoms with Gasteiger partial charge in [0.2, 0.25) is 0 Å². The molecule has 3 heteroatoms. The van der Waals surface area contributed by atoms with Crippen molar-refractivity contribution in [3.63, 3.8) is 0 Å². The third kappa shape index (κ3) is 3.00. The Morgan fingerprint density at radius 1 is 1.10 bits per heavy atom. The standard InChI is InChI=1S/C18H20N2S/c1-12-7-8-13(2)15(9-12)10-16(20-19)18-11-14-5-3-4-6-17(14)21-18/h3-9,11,16,20H,10,19H2,1-2H3. The molecule has 0 aliphatic rings. The Labute approximate surface area is 129 Å². The Morgan fingerprint density at radius 2 is 1.90 bits per heavy atom. The number of aryl methyl sites for hydroxylation is 2. The van der Waals surface area contributed by atoms with Crippen LogP contribution < -0.4 is 11.3 Å². The highest BCUT2D eigenvalue weighted by atomic mass is 32.1. The summed E-state index contributed by atoms with van der Waals surface area (Å²) in [6.07, 6.45) is 0.914. The average molecular weight is 296 g/mol. The van der Waals surface area contributed by atoms with E-state index in [2.05, 4.69) is 67.8 Å². The molecule has 1 atom stereocenters. The van der Waals surface area contributed by atoms with Crippen LogP contribution in [0.15, 0.2) is 48.5 Å². The normalized spacial score (nSPS) is 12.7. The second-order valence-electron chi connectivity index (χ2n) is 5.54. The van der Waals surface area contributed by atoms with Gasteiger partial charge in [0.25, 0.3) is 0 Å². The lowest BCUT2D eigenvalue weighted by Crippen LogP contribution is -2.29.